The van der Waals surface area contributed by atoms with Gasteiger partial charge in [0, 0.05) is 18.2 Å². The second-order valence-electron chi connectivity index (χ2n) is 7.19. The molecular weight excluding hydrogens is 492 g/mol. The van der Waals surface area contributed by atoms with Crippen LogP contribution in [0.1, 0.15) is 11.1 Å². The molecule has 0 radical (unpaired) electrons. The number of anilines is 2. The highest BCUT2D eigenvalue weighted by molar-refractivity contribution is 7.92. The molecular formula is C22H18F4N4O4S. The van der Waals surface area contributed by atoms with Gasteiger partial charge in [-0.05, 0) is 42.0 Å². The number of sulfonamides is 1. The number of carbonyl (C=O) groups is 1. The van der Waals surface area contributed by atoms with E-state index in [9.17, 15) is 22.0 Å². The summed E-state index contributed by atoms with van der Waals surface area (Å²) in [7, 11) is -3.37. The predicted octanol–water partition coefficient (Wildman–Crippen LogP) is 2.90. The Hall–Kier alpha value is -3.97. The van der Waals surface area contributed by atoms with Crippen LogP contribution in [-0.4, -0.2) is 32.2 Å². The van der Waals surface area contributed by atoms with Crippen LogP contribution in [0, 0.1) is 28.7 Å². The standard InChI is InChI=1S/C22H18F4N4O4S/c1-29-22(32)21(28)14-3-2-13(18(25)20(14)27)17-15(24)4-5-16(19(17)26)30-35(33,34)12-7-10(9-31)6-11(23)8-12/h2-8,28,30-31H,9,27H2,1H3,(H,29,32). The molecule has 0 heterocycles. The lowest BCUT2D eigenvalue weighted by Gasteiger charge is -2.15. The summed E-state index contributed by atoms with van der Waals surface area (Å²) in [6.45, 7) is -0.663. The van der Waals surface area contributed by atoms with Crippen molar-refractivity contribution in [1.82, 2.24) is 5.32 Å². The maximum absolute atomic E-state index is 15.2. The number of hydrogen-bond acceptors (Lipinski definition) is 6. The van der Waals surface area contributed by atoms with Crippen LogP contribution in [0.2, 0.25) is 0 Å². The van der Waals surface area contributed by atoms with E-state index >= 15 is 8.78 Å². The first-order valence-corrected chi connectivity index (χ1v) is 11.2. The monoisotopic (exact) mass is 510 g/mol. The first-order valence-electron chi connectivity index (χ1n) is 9.71. The number of nitrogen functional groups attached to an aromatic ring is 1. The number of hydrogen-bond donors (Lipinski definition) is 5. The van der Waals surface area contributed by atoms with Gasteiger partial charge >= 0.3 is 0 Å². The third-order valence-corrected chi connectivity index (χ3v) is 6.28. The van der Waals surface area contributed by atoms with E-state index in [4.69, 9.17) is 16.2 Å². The summed E-state index contributed by atoms with van der Waals surface area (Å²) in [6.07, 6.45) is 0. The van der Waals surface area contributed by atoms with Gasteiger partial charge in [-0.25, -0.2) is 26.0 Å². The number of amides is 1. The summed E-state index contributed by atoms with van der Waals surface area (Å²) in [4.78, 5) is 11.0. The molecule has 1 amide bonds. The van der Waals surface area contributed by atoms with Crippen molar-refractivity contribution >= 4 is 33.0 Å². The van der Waals surface area contributed by atoms with Crippen LogP contribution < -0.4 is 15.8 Å². The van der Waals surface area contributed by atoms with E-state index in [-0.39, 0.29) is 11.1 Å². The number of halogens is 4. The molecule has 184 valence electrons. The minimum Gasteiger partial charge on any atom is -0.396 e. The highest BCUT2D eigenvalue weighted by Gasteiger charge is 2.25. The van der Waals surface area contributed by atoms with Gasteiger partial charge in [0.25, 0.3) is 15.9 Å². The lowest BCUT2D eigenvalue weighted by atomic mass is 9.98. The van der Waals surface area contributed by atoms with Gasteiger partial charge < -0.3 is 16.2 Å². The van der Waals surface area contributed by atoms with Crippen LogP contribution in [0.5, 0.6) is 0 Å². The summed E-state index contributed by atoms with van der Waals surface area (Å²) in [5.74, 6) is -5.95. The molecule has 0 saturated heterocycles. The van der Waals surface area contributed by atoms with Crippen LogP contribution in [0.25, 0.3) is 11.1 Å². The molecule has 0 aliphatic rings. The van der Waals surface area contributed by atoms with Gasteiger partial charge in [-0.3, -0.25) is 14.9 Å². The van der Waals surface area contributed by atoms with E-state index in [1.54, 1.807) is 0 Å². The predicted molar refractivity (Wildman–Crippen MR) is 120 cm³/mol. The number of carbonyl (C=O) groups excluding carboxylic acids is 1. The summed E-state index contributed by atoms with van der Waals surface area (Å²) >= 11 is 0. The summed E-state index contributed by atoms with van der Waals surface area (Å²) in [5, 5.41) is 19.1. The molecule has 0 aliphatic heterocycles. The molecule has 3 aromatic rings. The van der Waals surface area contributed by atoms with Gasteiger partial charge in [0.2, 0.25) is 0 Å². The highest BCUT2D eigenvalue weighted by atomic mass is 32.2. The van der Waals surface area contributed by atoms with E-state index < -0.39 is 78.9 Å². The van der Waals surface area contributed by atoms with E-state index in [2.05, 4.69) is 5.32 Å². The van der Waals surface area contributed by atoms with E-state index in [1.165, 1.54) is 7.05 Å². The van der Waals surface area contributed by atoms with Crippen molar-refractivity contribution in [2.45, 2.75) is 11.5 Å². The summed E-state index contributed by atoms with van der Waals surface area (Å²) in [5.41, 5.74) is 1.42. The maximum atomic E-state index is 15.2. The topological polar surface area (TPSA) is 145 Å². The van der Waals surface area contributed by atoms with Gasteiger partial charge in [-0.2, -0.15) is 0 Å². The third kappa shape index (κ3) is 4.95. The highest BCUT2D eigenvalue weighted by Crippen LogP contribution is 2.36. The van der Waals surface area contributed by atoms with Gasteiger partial charge in [-0.15, -0.1) is 0 Å². The SMILES string of the molecule is CNC(=O)C(=N)c1ccc(-c2c(F)ccc(NS(=O)(=O)c3cc(F)cc(CO)c3)c2F)c(F)c1N. The molecule has 0 aromatic heterocycles. The van der Waals surface area contributed by atoms with Crippen molar-refractivity contribution in [2.75, 3.05) is 17.5 Å². The van der Waals surface area contributed by atoms with Gasteiger partial charge in [-0.1, -0.05) is 6.07 Å². The fourth-order valence-electron chi connectivity index (χ4n) is 3.20. The maximum Gasteiger partial charge on any atom is 0.269 e. The van der Waals surface area contributed by atoms with Crippen molar-refractivity contribution in [3.63, 3.8) is 0 Å². The average Bonchev–Trinajstić information content (AvgIpc) is 2.82. The van der Waals surface area contributed by atoms with Crippen LogP contribution in [0.4, 0.5) is 28.9 Å². The van der Waals surface area contributed by atoms with E-state index in [0.29, 0.717) is 12.1 Å². The largest absolute Gasteiger partial charge is 0.396 e. The Morgan fingerprint density at radius 2 is 1.74 bits per heavy atom. The van der Waals surface area contributed by atoms with Crippen LogP contribution in [0.15, 0.2) is 47.4 Å². The minimum atomic E-state index is -4.61. The van der Waals surface area contributed by atoms with Crippen molar-refractivity contribution in [1.29, 1.82) is 5.41 Å². The Balaban J connectivity index is 2.09. The molecule has 3 rings (SSSR count). The Bertz CT molecular complexity index is 1460. The molecule has 8 nitrogen and oxygen atoms in total. The molecule has 0 unspecified atom stereocenters. The third-order valence-electron chi connectivity index (χ3n) is 4.93. The smallest absolute Gasteiger partial charge is 0.269 e. The fraction of sp³-hybridized carbons (Fsp3) is 0.0909. The van der Waals surface area contributed by atoms with Crippen LogP contribution in [-0.2, 0) is 21.4 Å². The molecule has 0 spiro atoms. The quantitative estimate of drug-likeness (QED) is 0.189. The molecule has 0 fully saturated rings. The molecule has 6 N–H and O–H groups in total. The zero-order valence-corrected chi connectivity index (χ0v) is 18.7. The number of rotatable bonds is 7. The first-order chi connectivity index (χ1) is 16.4. The molecule has 3 aromatic carbocycles. The van der Waals surface area contributed by atoms with Crippen LogP contribution >= 0.6 is 0 Å². The van der Waals surface area contributed by atoms with Gasteiger partial charge in [0.05, 0.1) is 28.4 Å². The molecule has 35 heavy (non-hydrogen) atoms. The van der Waals surface area contributed by atoms with Crippen molar-refractivity contribution in [3.05, 3.63) is 76.9 Å². The Kier molecular flexibility index (Phi) is 7.12. The Morgan fingerprint density at radius 3 is 2.37 bits per heavy atom. The average molecular weight is 510 g/mol. The van der Waals surface area contributed by atoms with E-state index in [1.807, 2.05) is 4.72 Å². The van der Waals surface area contributed by atoms with Crippen molar-refractivity contribution in [2.24, 2.45) is 0 Å². The molecule has 0 atom stereocenters. The van der Waals surface area contributed by atoms with Gasteiger partial charge in [0.1, 0.15) is 17.3 Å². The molecule has 0 bridgehead atoms. The first kappa shape index (κ1) is 25.6. The number of benzene rings is 3. The number of nitrogens with two attached hydrogens (primary N) is 1. The lowest BCUT2D eigenvalue weighted by Crippen LogP contribution is -2.28. The molecule has 0 saturated carbocycles. The fourth-order valence-corrected chi connectivity index (χ4v) is 4.34. The number of aliphatic hydroxyl groups excluding tert-OH is 1. The minimum absolute atomic E-state index is 0.0643. The second kappa shape index (κ2) is 9.72. The number of nitrogens with one attached hydrogen (secondary N) is 3. The number of aliphatic hydroxyl groups is 1. The lowest BCUT2D eigenvalue weighted by molar-refractivity contribution is -0.114. The summed E-state index contributed by atoms with van der Waals surface area (Å²) in [6, 6.07) is 5.81. The molecule has 13 heteroatoms. The van der Waals surface area contributed by atoms with Gasteiger partial charge in [0.15, 0.2) is 11.6 Å². The zero-order chi connectivity index (χ0) is 26.1. The second-order valence-corrected chi connectivity index (χ2v) is 8.87. The Morgan fingerprint density at radius 1 is 1.06 bits per heavy atom. The van der Waals surface area contributed by atoms with E-state index in [0.717, 1.165) is 30.3 Å². The summed E-state index contributed by atoms with van der Waals surface area (Å²) < 4.78 is 85.7. The normalized spacial score (nSPS) is 11.3. The molecule has 0 aliphatic carbocycles. The zero-order valence-electron chi connectivity index (χ0n) is 17.9. The van der Waals surface area contributed by atoms with Crippen LogP contribution in [0.3, 0.4) is 0 Å². The number of likely N-dealkylation sites (N-methyl/N-ethyl adjacent to an activating group) is 1. The Labute approximate surface area is 197 Å². The van der Waals surface area contributed by atoms with Crippen molar-refractivity contribution in [3.8, 4) is 11.1 Å². The van der Waals surface area contributed by atoms with Crippen molar-refractivity contribution < 1.29 is 35.9 Å².